The van der Waals surface area contributed by atoms with Crippen LogP contribution in [0.1, 0.15) is 57.6 Å². The molecule has 2 saturated carbocycles. The van der Waals surface area contributed by atoms with Gasteiger partial charge in [-0.1, -0.05) is 63.2 Å². The fourth-order valence-corrected chi connectivity index (χ4v) is 6.37. The average molecular weight is 550 g/mol. The van der Waals surface area contributed by atoms with E-state index in [1.165, 1.54) is 0 Å². The Bertz CT molecular complexity index is 1550. The van der Waals surface area contributed by atoms with Gasteiger partial charge in [0.05, 0.1) is 5.69 Å². The molecule has 2 aliphatic heterocycles. The molecule has 0 N–H and O–H groups in total. The third kappa shape index (κ3) is 4.59. The number of likely N-dealkylation sites (tertiary alicyclic amines) is 1. The van der Waals surface area contributed by atoms with E-state index in [1.54, 1.807) is 0 Å². The number of amides is 2. The van der Waals surface area contributed by atoms with Crippen LogP contribution < -0.4 is 0 Å². The van der Waals surface area contributed by atoms with E-state index in [2.05, 4.69) is 86.0 Å². The van der Waals surface area contributed by atoms with Crippen molar-refractivity contribution in [3.8, 4) is 22.4 Å². The van der Waals surface area contributed by atoms with E-state index in [4.69, 9.17) is 4.99 Å². The first-order valence-electron chi connectivity index (χ1n) is 15.1. The van der Waals surface area contributed by atoms with E-state index in [9.17, 15) is 9.59 Å². The number of aromatic nitrogens is 2. The van der Waals surface area contributed by atoms with E-state index in [0.29, 0.717) is 18.4 Å². The number of hydrogen-bond acceptors (Lipinski definition) is 4. The standard InChI is InChI=1S/C34H39N5O2/c1-22(2)18-39-29(11-16-35-39)26-7-5-25(6-8-26)27-9-10-28(23(3)17-27)30-36-34(14-15-34)32(41)38(30)21-24-19-37(20-24)31(40)33(4)12-13-33/h5-11,16-17,22,24H,12-15,18-21H2,1-4H3. The molecule has 3 fully saturated rings. The van der Waals surface area contributed by atoms with Crippen molar-refractivity contribution in [1.82, 2.24) is 19.6 Å². The van der Waals surface area contributed by atoms with Gasteiger partial charge in [-0.25, -0.2) is 0 Å². The van der Waals surface area contributed by atoms with Gasteiger partial charge in [-0.15, -0.1) is 0 Å². The van der Waals surface area contributed by atoms with Crippen molar-refractivity contribution in [2.75, 3.05) is 19.6 Å². The second-order valence-corrected chi connectivity index (χ2v) is 13.4. The summed E-state index contributed by atoms with van der Waals surface area (Å²) in [7, 11) is 0. The van der Waals surface area contributed by atoms with Crippen LogP contribution in [0.3, 0.4) is 0 Å². The van der Waals surface area contributed by atoms with Crippen molar-refractivity contribution >= 4 is 17.6 Å². The lowest BCUT2D eigenvalue weighted by Crippen LogP contribution is -2.56. The third-order valence-corrected chi connectivity index (χ3v) is 9.38. The molecule has 212 valence electrons. The first kappa shape index (κ1) is 26.2. The topological polar surface area (TPSA) is 70.8 Å². The largest absolute Gasteiger partial charge is 0.341 e. The van der Waals surface area contributed by atoms with Crippen LogP contribution in [0.15, 0.2) is 59.7 Å². The number of carbonyl (C=O) groups is 2. The minimum atomic E-state index is -0.543. The summed E-state index contributed by atoms with van der Waals surface area (Å²) in [5.41, 5.74) is 6.06. The van der Waals surface area contributed by atoms with E-state index < -0.39 is 5.54 Å². The number of benzene rings is 2. The predicted molar refractivity (Wildman–Crippen MR) is 160 cm³/mol. The minimum Gasteiger partial charge on any atom is -0.341 e. The lowest BCUT2D eigenvalue weighted by Gasteiger charge is -2.42. The Kier molecular flexibility index (Phi) is 6.00. The fraction of sp³-hybridized carbons (Fsp3) is 0.471. The van der Waals surface area contributed by atoms with Crippen molar-refractivity contribution < 1.29 is 9.59 Å². The third-order valence-electron chi connectivity index (χ3n) is 9.38. The van der Waals surface area contributed by atoms with Crippen molar-refractivity contribution in [1.29, 1.82) is 0 Å². The summed E-state index contributed by atoms with van der Waals surface area (Å²) in [4.78, 5) is 35.1. The molecule has 0 radical (unpaired) electrons. The zero-order valence-electron chi connectivity index (χ0n) is 24.6. The zero-order valence-corrected chi connectivity index (χ0v) is 24.6. The summed E-state index contributed by atoms with van der Waals surface area (Å²) in [5.74, 6) is 2.07. The van der Waals surface area contributed by atoms with Crippen molar-refractivity contribution in [2.24, 2.45) is 22.2 Å². The molecule has 7 nitrogen and oxygen atoms in total. The molecular formula is C34H39N5O2. The SMILES string of the molecule is Cc1cc(-c2ccc(-c3ccnn3CC(C)C)cc2)ccc1C1=NC2(CC2)C(=O)N1CC1CN(C(=O)C2(C)CC2)C1. The highest BCUT2D eigenvalue weighted by atomic mass is 16.2. The number of rotatable bonds is 8. The Labute approximate surface area is 242 Å². The quantitative estimate of drug-likeness (QED) is 0.369. The second-order valence-electron chi connectivity index (χ2n) is 13.4. The normalized spacial score (nSPS) is 20.5. The first-order chi connectivity index (χ1) is 19.7. The summed E-state index contributed by atoms with van der Waals surface area (Å²) < 4.78 is 2.08. The minimum absolute atomic E-state index is 0.130. The van der Waals surface area contributed by atoms with Crippen molar-refractivity contribution in [2.45, 2.75) is 65.5 Å². The van der Waals surface area contributed by atoms with Crippen molar-refractivity contribution in [3.05, 3.63) is 65.9 Å². The summed E-state index contributed by atoms with van der Waals surface area (Å²) in [6, 6.07) is 17.2. The van der Waals surface area contributed by atoms with Crippen LogP contribution in [0.2, 0.25) is 0 Å². The average Bonchev–Trinajstić information content (AvgIpc) is 3.81. The number of hydrogen-bond donors (Lipinski definition) is 0. The van der Waals surface area contributed by atoms with Gasteiger partial charge in [0.15, 0.2) is 0 Å². The van der Waals surface area contributed by atoms with Gasteiger partial charge in [0, 0.05) is 49.3 Å². The highest BCUT2D eigenvalue weighted by Gasteiger charge is 2.58. The Balaban J connectivity index is 1.08. The summed E-state index contributed by atoms with van der Waals surface area (Å²) in [6.07, 6.45) is 5.53. The molecule has 3 heterocycles. The smallest absolute Gasteiger partial charge is 0.256 e. The molecule has 4 aliphatic rings. The predicted octanol–water partition coefficient (Wildman–Crippen LogP) is 5.56. The number of aliphatic imine (C=N–C) groups is 1. The maximum absolute atomic E-state index is 13.5. The van der Waals surface area contributed by atoms with Gasteiger partial charge in [-0.2, -0.15) is 5.10 Å². The van der Waals surface area contributed by atoms with Crippen LogP contribution in [0.5, 0.6) is 0 Å². The lowest BCUT2D eigenvalue weighted by atomic mass is 9.95. The monoisotopic (exact) mass is 549 g/mol. The summed E-state index contributed by atoms with van der Waals surface area (Å²) in [5, 5.41) is 4.51. The molecule has 7 rings (SSSR count). The molecule has 0 atom stereocenters. The van der Waals surface area contributed by atoms with Gasteiger partial charge < -0.3 is 4.90 Å². The molecule has 1 aromatic heterocycles. The van der Waals surface area contributed by atoms with Crippen LogP contribution in [0, 0.1) is 24.2 Å². The van der Waals surface area contributed by atoms with Crippen LogP contribution in [-0.2, 0) is 16.1 Å². The molecule has 0 unspecified atom stereocenters. The second kappa shape index (κ2) is 9.40. The first-order valence-corrected chi connectivity index (χ1v) is 15.1. The Morgan fingerprint density at radius 2 is 1.66 bits per heavy atom. The van der Waals surface area contributed by atoms with Gasteiger partial charge in [-0.3, -0.25) is 24.2 Å². The molecule has 2 amide bonds. The molecular weight excluding hydrogens is 510 g/mol. The van der Waals surface area contributed by atoms with Gasteiger partial charge in [-0.05, 0) is 66.8 Å². The molecule has 2 aliphatic carbocycles. The van der Waals surface area contributed by atoms with Gasteiger partial charge in [0.25, 0.3) is 5.91 Å². The number of amidine groups is 1. The van der Waals surface area contributed by atoms with Gasteiger partial charge in [0.2, 0.25) is 5.91 Å². The van der Waals surface area contributed by atoms with Crippen LogP contribution in [-0.4, -0.2) is 62.4 Å². The number of aryl methyl sites for hydroxylation is 1. The molecule has 1 spiro atoms. The Morgan fingerprint density at radius 1 is 0.976 bits per heavy atom. The highest BCUT2D eigenvalue weighted by molar-refractivity contribution is 6.17. The Morgan fingerprint density at radius 3 is 2.29 bits per heavy atom. The van der Waals surface area contributed by atoms with E-state index >= 15 is 0 Å². The highest BCUT2D eigenvalue weighted by Crippen LogP contribution is 2.48. The van der Waals surface area contributed by atoms with Crippen molar-refractivity contribution in [3.63, 3.8) is 0 Å². The molecule has 7 heteroatoms. The van der Waals surface area contributed by atoms with Gasteiger partial charge >= 0.3 is 0 Å². The van der Waals surface area contributed by atoms with Crippen LogP contribution in [0.4, 0.5) is 0 Å². The Hall–Kier alpha value is -3.74. The number of carbonyl (C=O) groups excluding carboxylic acids is 2. The molecule has 2 aromatic carbocycles. The molecule has 3 aromatic rings. The van der Waals surface area contributed by atoms with E-state index in [0.717, 1.165) is 84.7 Å². The van der Waals surface area contributed by atoms with Crippen LogP contribution in [0.25, 0.3) is 22.4 Å². The molecule has 41 heavy (non-hydrogen) atoms. The molecule has 1 saturated heterocycles. The van der Waals surface area contributed by atoms with Crippen LogP contribution >= 0.6 is 0 Å². The fourth-order valence-electron chi connectivity index (χ4n) is 6.37. The van der Waals surface area contributed by atoms with Gasteiger partial charge in [0.1, 0.15) is 11.4 Å². The number of nitrogens with zero attached hydrogens (tertiary/aromatic N) is 5. The molecule has 0 bridgehead atoms. The maximum Gasteiger partial charge on any atom is 0.256 e. The summed E-state index contributed by atoms with van der Waals surface area (Å²) in [6.45, 7) is 11.6. The zero-order chi connectivity index (χ0) is 28.5. The summed E-state index contributed by atoms with van der Waals surface area (Å²) >= 11 is 0. The van der Waals surface area contributed by atoms with E-state index in [1.807, 2.05) is 16.0 Å². The lowest BCUT2D eigenvalue weighted by molar-refractivity contribution is -0.143. The van der Waals surface area contributed by atoms with E-state index in [-0.39, 0.29) is 17.2 Å². The maximum atomic E-state index is 13.5.